The molecular weight excluding hydrogens is 298 g/mol. The topological polar surface area (TPSA) is 54.0 Å². The predicted molar refractivity (Wildman–Crippen MR) is 91.8 cm³/mol. The number of carbonyl (C=O) groups excluding carboxylic acids is 1. The van der Waals surface area contributed by atoms with E-state index in [1.54, 1.807) is 24.4 Å². The van der Waals surface area contributed by atoms with Gasteiger partial charge in [0.25, 0.3) is 5.91 Å². The second kappa shape index (κ2) is 7.27. The van der Waals surface area contributed by atoms with Gasteiger partial charge in [0.2, 0.25) is 0 Å². The van der Waals surface area contributed by atoms with Gasteiger partial charge in [0.1, 0.15) is 5.69 Å². The van der Waals surface area contributed by atoms with E-state index < -0.39 is 0 Å². The van der Waals surface area contributed by atoms with Gasteiger partial charge in [0, 0.05) is 16.8 Å². The molecule has 1 unspecified atom stereocenters. The molecule has 2 rings (SSSR count). The van der Waals surface area contributed by atoms with Crippen LogP contribution in [0.5, 0.6) is 0 Å². The number of anilines is 2. The lowest BCUT2D eigenvalue weighted by Crippen LogP contribution is -2.16. The first kappa shape index (κ1) is 16.3. The van der Waals surface area contributed by atoms with Crippen LogP contribution in [0.25, 0.3) is 0 Å². The zero-order valence-corrected chi connectivity index (χ0v) is 13.7. The molecule has 1 atom stereocenters. The van der Waals surface area contributed by atoms with Crippen molar-refractivity contribution in [1.82, 2.24) is 4.98 Å². The molecule has 1 aromatic carbocycles. The van der Waals surface area contributed by atoms with Crippen LogP contribution in [-0.4, -0.2) is 16.9 Å². The van der Waals surface area contributed by atoms with Crippen LogP contribution in [0, 0.1) is 6.92 Å². The van der Waals surface area contributed by atoms with Crippen LogP contribution in [0.15, 0.2) is 36.5 Å². The molecule has 1 amide bonds. The van der Waals surface area contributed by atoms with Crippen molar-refractivity contribution in [2.24, 2.45) is 0 Å². The smallest absolute Gasteiger partial charge is 0.274 e. The highest BCUT2D eigenvalue weighted by Gasteiger charge is 2.09. The number of halogens is 1. The van der Waals surface area contributed by atoms with Gasteiger partial charge in [-0.25, -0.2) is 4.98 Å². The van der Waals surface area contributed by atoms with Crippen LogP contribution in [0.1, 0.15) is 36.3 Å². The lowest BCUT2D eigenvalue weighted by molar-refractivity contribution is 0.102. The van der Waals surface area contributed by atoms with Crippen molar-refractivity contribution in [2.75, 3.05) is 10.6 Å². The molecule has 2 aromatic rings. The maximum Gasteiger partial charge on any atom is 0.274 e. The number of hydrogen-bond donors (Lipinski definition) is 2. The molecule has 0 saturated carbocycles. The average Bonchev–Trinajstić information content (AvgIpc) is 2.50. The molecule has 22 heavy (non-hydrogen) atoms. The maximum atomic E-state index is 12.2. The number of aromatic nitrogens is 1. The summed E-state index contributed by atoms with van der Waals surface area (Å²) in [5.41, 5.74) is 2.94. The molecule has 0 spiro atoms. The third-order valence-corrected chi connectivity index (χ3v) is 3.69. The fourth-order valence-electron chi connectivity index (χ4n) is 1.95. The van der Waals surface area contributed by atoms with Gasteiger partial charge in [0.05, 0.1) is 11.9 Å². The summed E-state index contributed by atoms with van der Waals surface area (Å²) < 4.78 is 0. The van der Waals surface area contributed by atoms with Gasteiger partial charge in [-0.2, -0.15) is 0 Å². The van der Waals surface area contributed by atoms with E-state index in [2.05, 4.69) is 29.5 Å². The first-order chi connectivity index (χ1) is 10.5. The zero-order chi connectivity index (χ0) is 16.1. The molecule has 5 heteroatoms. The molecule has 0 saturated heterocycles. The number of pyridine rings is 1. The summed E-state index contributed by atoms with van der Waals surface area (Å²) in [6, 6.07) is 9.29. The molecule has 0 aliphatic carbocycles. The summed E-state index contributed by atoms with van der Waals surface area (Å²) in [4.78, 5) is 16.4. The predicted octanol–water partition coefficient (Wildman–Crippen LogP) is 4.51. The Morgan fingerprint density at radius 1 is 1.32 bits per heavy atom. The van der Waals surface area contributed by atoms with Crippen LogP contribution in [0.4, 0.5) is 11.4 Å². The molecule has 0 aliphatic heterocycles. The largest absolute Gasteiger partial charge is 0.381 e. The van der Waals surface area contributed by atoms with Gasteiger partial charge in [-0.3, -0.25) is 4.79 Å². The number of benzene rings is 1. The number of hydrogen-bond acceptors (Lipinski definition) is 3. The molecule has 0 fully saturated rings. The van der Waals surface area contributed by atoms with Crippen molar-refractivity contribution in [3.63, 3.8) is 0 Å². The van der Waals surface area contributed by atoms with E-state index in [4.69, 9.17) is 11.6 Å². The second-order valence-electron chi connectivity index (χ2n) is 5.30. The molecule has 2 N–H and O–H groups in total. The Labute approximate surface area is 135 Å². The lowest BCUT2D eigenvalue weighted by atomic mass is 10.2. The second-order valence-corrected chi connectivity index (χ2v) is 5.74. The van der Waals surface area contributed by atoms with E-state index in [-0.39, 0.29) is 5.91 Å². The number of rotatable bonds is 5. The Kier molecular flexibility index (Phi) is 5.39. The first-order valence-corrected chi connectivity index (χ1v) is 7.67. The summed E-state index contributed by atoms with van der Waals surface area (Å²) in [7, 11) is 0. The number of carbonyl (C=O) groups is 1. The van der Waals surface area contributed by atoms with Gasteiger partial charge in [-0.05, 0) is 56.2 Å². The fourth-order valence-corrected chi connectivity index (χ4v) is 2.18. The van der Waals surface area contributed by atoms with Crippen LogP contribution in [0.3, 0.4) is 0 Å². The molecule has 0 bridgehead atoms. The number of nitrogens with one attached hydrogen (secondary N) is 2. The van der Waals surface area contributed by atoms with E-state index in [0.717, 1.165) is 23.4 Å². The zero-order valence-electron chi connectivity index (χ0n) is 13.0. The summed E-state index contributed by atoms with van der Waals surface area (Å²) in [6.45, 7) is 6.11. The van der Waals surface area contributed by atoms with E-state index >= 15 is 0 Å². The van der Waals surface area contributed by atoms with Gasteiger partial charge < -0.3 is 10.6 Å². The number of amides is 1. The summed E-state index contributed by atoms with van der Waals surface area (Å²) in [5.74, 6) is -0.236. The van der Waals surface area contributed by atoms with Gasteiger partial charge in [0.15, 0.2) is 0 Å². The molecule has 0 radical (unpaired) electrons. The Balaban J connectivity index is 2.06. The molecule has 0 aliphatic rings. The minimum atomic E-state index is -0.236. The normalized spacial score (nSPS) is 11.8. The number of aryl methyl sites for hydroxylation is 1. The fraction of sp³-hybridized carbons (Fsp3) is 0.294. The summed E-state index contributed by atoms with van der Waals surface area (Å²) in [5, 5.41) is 6.81. The molecule has 116 valence electrons. The van der Waals surface area contributed by atoms with Crippen molar-refractivity contribution in [3.05, 3.63) is 52.8 Å². The van der Waals surface area contributed by atoms with Crippen molar-refractivity contribution < 1.29 is 4.79 Å². The molecular formula is C17H20ClN3O. The lowest BCUT2D eigenvalue weighted by Gasteiger charge is -2.13. The van der Waals surface area contributed by atoms with Crippen LogP contribution < -0.4 is 10.6 Å². The highest BCUT2D eigenvalue weighted by Crippen LogP contribution is 2.20. The van der Waals surface area contributed by atoms with Crippen molar-refractivity contribution in [1.29, 1.82) is 0 Å². The van der Waals surface area contributed by atoms with E-state index in [0.29, 0.717) is 16.8 Å². The SMILES string of the molecule is CCC(C)Nc1ccc(C(=O)Nc2ccc(Cl)cc2C)nc1. The quantitative estimate of drug-likeness (QED) is 0.853. The van der Waals surface area contributed by atoms with E-state index in [1.165, 1.54) is 0 Å². The highest BCUT2D eigenvalue weighted by molar-refractivity contribution is 6.30. The van der Waals surface area contributed by atoms with Gasteiger partial charge in [-0.1, -0.05) is 18.5 Å². The standard InChI is InChI=1S/C17H20ClN3O/c1-4-12(3)20-14-6-8-16(19-10-14)17(22)21-15-7-5-13(18)9-11(15)2/h5-10,12,20H,4H2,1-3H3,(H,21,22). The maximum absolute atomic E-state index is 12.2. The van der Waals surface area contributed by atoms with Crippen LogP contribution in [0.2, 0.25) is 5.02 Å². The van der Waals surface area contributed by atoms with Crippen LogP contribution in [-0.2, 0) is 0 Å². The van der Waals surface area contributed by atoms with Crippen molar-refractivity contribution >= 4 is 28.9 Å². The van der Waals surface area contributed by atoms with E-state index in [1.807, 2.05) is 19.1 Å². The van der Waals surface area contributed by atoms with Crippen LogP contribution >= 0.6 is 11.6 Å². The third-order valence-electron chi connectivity index (χ3n) is 3.46. The third kappa shape index (κ3) is 4.21. The monoisotopic (exact) mass is 317 g/mol. The Hall–Kier alpha value is -2.07. The minimum Gasteiger partial charge on any atom is -0.381 e. The average molecular weight is 318 g/mol. The van der Waals surface area contributed by atoms with E-state index in [9.17, 15) is 4.79 Å². The Morgan fingerprint density at radius 3 is 2.68 bits per heavy atom. The minimum absolute atomic E-state index is 0.236. The van der Waals surface area contributed by atoms with Crippen molar-refractivity contribution in [3.8, 4) is 0 Å². The highest BCUT2D eigenvalue weighted by atomic mass is 35.5. The van der Waals surface area contributed by atoms with Crippen molar-refractivity contribution in [2.45, 2.75) is 33.2 Å². The van der Waals surface area contributed by atoms with Gasteiger partial charge >= 0.3 is 0 Å². The van der Waals surface area contributed by atoms with Gasteiger partial charge in [-0.15, -0.1) is 0 Å². The molecule has 1 heterocycles. The summed E-state index contributed by atoms with van der Waals surface area (Å²) >= 11 is 5.91. The Bertz CT molecular complexity index is 655. The number of nitrogens with zero attached hydrogens (tertiary/aromatic N) is 1. The molecule has 1 aromatic heterocycles. The molecule has 4 nitrogen and oxygen atoms in total. The Morgan fingerprint density at radius 2 is 2.09 bits per heavy atom. The first-order valence-electron chi connectivity index (χ1n) is 7.29. The summed E-state index contributed by atoms with van der Waals surface area (Å²) in [6.07, 6.45) is 2.70.